The first-order chi connectivity index (χ1) is 14.3. The van der Waals surface area contributed by atoms with Crippen molar-refractivity contribution < 1.29 is 18.0 Å². The monoisotopic (exact) mass is 437 g/mol. The van der Waals surface area contributed by atoms with E-state index < -0.39 is 17.6 Å². The summed E-state index contributed by atoms with van der Waals surface area (Å²) >= 11 is 6.53. The molecule has 10 heteroatoms. The second-order valence-corrected chi connectivity index (χ2v) is 7.60. The molecule has 158 valence electrons. The minimum Gasteiger partial charge on any atom is -0.322 e. The van der Waals surface area contributed by atoms with E-state index in [1.54, 1.807) is 0 Å². The normalized spacial score (nSPS) is 15.5. The summed E-state index contributed by atoms with van der Waals surface area (Å²) in [6, 6.07) is 4.41. The lowest BCUT2D eigenvalue weighted by Crippen LogP contribution is -2.30. The number of carbonyl (C=O) groups excluding carboxylic acids is 1. The number of halogens is 4. The number of aryl methyl sites for hydroxylation is 1. The van der Waals surface area contributed by atoms with Crippen molar-refractivity contribution in [2.24, 2.45) is 0 Å². The first kappa shape index (κ1) is 20.6. The summed E-state index contributed by atoms with van der Waals surface area (Å²) in [5.41, 5.74) is 0.867. The van der Waals surface area contributed by atoms with Gasteiger partial charge in [-0.3, -0.25) is 4.79 Å². The maximum atomic E-state index is 12.7. The molecule has 1 aromatic carbocycles. The molecule has 6 nitrogen and oxygen atoms in total. The first-order valence-electron chi connectivity index (χ1n) is 9.48. The number of rotatable bonds is 3. The van der Waals surface area contributed by atoms with Gasteiger partial charge in [-0.15, -0.1) is 0 Å². The number of carbonyl (C=O) groups is 1. The van der Waals surface area contributed by atoms with Crippen molar-refractivity contribution in [2.45, 2.75) is 32.0 Å². The van der Waals surface area contributed by atoms with Crippen molar-refractivity contribution in [3.8, 4) is 0 Å². The zero-order chi connectivity index (χ0) is 21.5. The molecule has 3 aromatic rings. The van der Waals surface area contributed by atoms with Crippen LogP contribution < -0.4 is 10.6 Å². The van der Waals surface area contributed by atoms with Gasteiger partial charge in [-0.2, -0.15) is 18.3 Å². The van der Waals surface area contributed by atoms with Gasteiger partial charge in [0.25, 0.3) is 5.91 Å². The topological polar surface area (TPSA) is 71.8 Å². The van der Waals surface area contributed by atoms with Gasteiger partial charge in [-0.05, 0) is 57.1 Å². The van der Waals surface area contributed by atoms with E-state index in [4.69, 9.17) is 11.6 Å². The zero-order valence-electron chi connectivity index (χ0n) is 16.1. The lowest BCUT2D eigenvalue weighted by molar-refractivity contribution is -0.137. The van der Waals surface area contributed by atoms with Crippen LogP contribution in [-0.2, 0) is 6.18 Å². The fourth-order valence-corrected chi connectivity index (χ4v) is 3.99. The molecule has 1 fully saturated rings. The molecule has 1 saturated heterocycles. The predicted octanol–water partition coefficient (Wildman–Crippen LogP) is 4.59. The SMILES string of the molecule is Cc1nn(C2CCNCC2)c2ncc(C(=O)Nc3ccc(C(F)(F)F)cc3)c(Cl)c12. The third-order valence-electron chi connectivity index (χ3n) is 5.20. The molecule has 0 saturated carbocycles. The van der Waals surface area contributed by atoms with E-state index in [-0.39, 0.29) is 22.3 Å². The molecule has 0 bridgehead atoms. The number of amides is 1. The second-order valence-electron chi connectivity index (χ2n) is 7.22. The number of hydrogen-bond acceptors (Lipinski definition) is 4. The molecular weight excluding hydrogens is 419 g/mol. The van der Waals surface area contributed by atoms with E-state index in [1.807, 2.05) is 11.6 Å². The highest BCUT2D eigenvalue weighted by molar-refractivity contribution is 6.39. The number of nitrogens with one attached hydrogen (secondary N) is 2. The van der Waals surface area contributed by atoms with Gasteiger partial charge in [-0.25, -0.2) is 9.67 Å². The van der Waals surface area contributed by atoms with Gasteiger partial charge >= 0.3 is 6.18 Å². The first-order valence-corrected chi connectivity index (χ1v) is 9.86. The Labute approximate surface area is 175 Å². The van der Waals surface area contributed by atoms with Crippen LogP contribution >= 0.6 is 11.6 Å². The van der Waals surface area contributed by atoms with Gasteiger partial charge in [0.1, 0.15) is 0 Å². The van der Waals surface area contributed by atoms with E-state index in [0.29, 0.717) is 16.7 Å². The summed E-state index contributed by atoms with van der Waals surface area (Å²) in [5.74, 6) is -0.553. The molecule has 30 heavy (non-hydrogen) atoms. The average Bonchev–Trinajstić information content (AvgIpc) is 3.06. The highest BCUT2D eigenvalue weighted by Gasteiger charge is 2.30. The van der Waals surface area contributed by atoms with Gasteiger partial charge in [0.15, 0.2) is 5.65 Å². The van der Waals surface area contributed by atoms with Gasteiger partial charge in [0.05, 0.1) is 33.3 Å². The van der Waals surface area contributed by atoms with Gasteiger partial charge in [-0.1, -0.05) is 11.6 Å². The molecule has 4 rings (SSSR count). The summed E-state index contributed by atoms with van der Waals surface area (Å²) in [6.45, 7) is 3.60. The summed E-state index contributed by atoms with van der Waals surface area (Å²) < 4.78 is 40.0. The Morgan fingerprint density at radius 1 is 1.23 bits per heavy atom. The maximum Gasteiger partial charge on any atom is 0.416 e. The third-order valence-corrected chi connectivity index (χ3v) is 5.59. The molecule has 1 aliphatic rings. The van der Waals surface area contributed by atoms with E-state index >= 15 is 0 Å². The molecule has 0 radical (unpaired) electrons. The molecule has 0 atom stereocenters. The molecule has 2 N–H and O–H groups in total. The minimum absolute atomic E-state index is 0.136. The van der Waals surface area contributed by atoms with Crippen molar-refractivity contribution in [3.05, 3.63) is 52.3 Å². The van der Waals surface area contributed by atoms with E-state index in [2.05, 4.69) is 20.7 Å². The van der Waals surface area contributed by atoms with Gasteiger partial charge < -0.3 is 10.6 Å². The Hall–Kier alpha value is -2.65. The number of pyridine rings is 1. The standard InChI is InChI=1S/C20H19ClF3N5O/c1-11-16-17(21)15(10-26-18(16)29(28-11)14-6-8-25-9-7-14)19(30)27-13-4-2-12(3-5-13)20(22,23)24/h2-5,10,14,25H,6-9H2,1H3,(H,27,30). The largest absolute Gasteiger partial charge is 0.416 e. The molecule has 3 heterocycles. The summed E-state index contributed by atoms with van der Waals surface area (Å²) in [6.07, 6.45) is -1.22. The van der Waals surface area contributed by atoms with Crippen molar-refractivity contribution >= 4 is 34.2 Å². The molecule has 1 aliphatic heterocycles. The summed E-state index contributed by atoms with van der Waals surface area (Å²) in [5, 5.41) is 11.3. The highest BCUT2D eigenvalue weighted by atomic mass is 35.5. The van der Waals surface area contributed by atoms with Crippen LogP contribution in [0.1, 0.15) is 40.5 Å². The number of fused-ring (bicyclic) bond motifs is 1. The van der Waals surface area contributed by atoms with Crippen molar-refractivity contribution in [1.82, 2.24) is 20.1 Å². The van der Waals surface area contributed by atoms with E-state index in [0.717, 1.165) is 38.1 Å². The minimum atomic E-state index is -4.44. The van der Waals surface area contributed by atoms with Crippen LogP contribution in [0.3, 0.4) is 0 Å². The molecular formula is C20H19ClF3N5O. The fraction of sp³-hybridized carbons (Fsp3) is 0.350. The number of alkyl halides is 3. The Bertz CT molecular complexity index is 1090. The molecule has 0 aliphatic carbocycles. The van der Waals surface area contributed by atoms with E-state index in [1.165, 1.54) is 18.3 Å². The Kier molecular flexibility index (Phi) is 5.42. The summed E-state index contributed by atoms with van der Waals surface area (Å²) in [7, 11) is 0. The number of piperidine rings is 1. The number of hydrogen-bond donors (Lipinski definition) is 2. The average molecular weight is 438 g/mol. The lowest BCUT2D eigenvalue weighted by atomic mass is 10.1. The number of aromatic nitrogens is 3. The second kappa shape index (κ2) is 7.88. The Balaban J connectivity index is 1.62. The highest BCUT2D eigenvalue weighted by Crippen LogP contribution is 2.33. The van der Waals surface area contributed by atoms with Gasteiger partial charge in [0, 0.05) is 11.9 Å². The van der Waals surface area contributed by atoms with Gasteiger partial charge in [0.2, 0.25) is 0 Å². The quantitative estimate of drug-likeness (QED) is 0.628. The van der Waals surface area contributed by atoms with Crippen LogP contribution in [0.4, 0.5) is 18.9 Å². The molecule has 2 aromatic heterocycles. The van der Waals surface area contributed by atoms with Crippen LogP contribution in [0.15, 0.2) is 30.5 Å². The van der Waals surface area contributed by atoms with E-state index in [9.17, 15) is 18.0 Å². The fourth-order valence-electron chi connectivity index (χ4n) is 3.64. The van der Waals surface area contributed by atoms with Crippen LogP contribution in [0.2, 0.25) is 5.02 Å². The van der Waals surface area contributed by atoms with Crippen molar-refractivity contribution in [3.63, 3.8) is 0 Å². The zero-order valence-corrected chi connectivity index (χ0v) is 16.8. The van der Waals surface area contributed by atoms with Crippen LogP contribution in [-0.4, -0.2) is 33.8 Å². The summed E-state index contributed by atoms with van der Waals surface area (Å²) in [4.78, 5) is 17.1. The third kappa shape index (κ3) is 3.87. The number of nitrogens with zero attached hydrogens (tertiary/aromatic N) is 3. The van der Waals surface area contributed by atoms with Crippen molar-refractivity contribution in [1.29, 1.82) is 0 Å². The van der Waals surface area contributed by atoms with Crippen molar-refractivity contribution in [2.75, 3.05) is 18.4 Å². The smallest absolute Gasteiger partial charge is 0.322 e. The predicted molar refractivity (Wildman–Crippen MR) is 108 cm³/mol. The van der Waals surface area contributed by atoms with Crippen LogP contribution in [0.5, 0.6) is 0 Å². The maximum absolute atomic E-state index is 12.7. The number of anilines is 1. The number of benzene rings is 1. The lowest BCUT2D eigenvalue weighted by Gasteiger charge is -2.23. The molecule has 0 spiro atoms. The molecule has 0 unspecified atom stereocenters. The molecule has 1 amide bonds. The Morgan fingerprint density at radius 3 is 2.53 bits per heavy atom. The van der Waals surface area contributed by atoms with Crippen LogP contribution in [0, 0.1) is 6.92 Å². The van der Waals surface area contributed by atoms with Crippen LogP contribution in [0.25, 0.3) is 11.0 Å². The Morgan fingerprint density at radius 2 is 1.90 bits per heavy atom.